The summed E-state index contributed by atoms with van der Waals surface area (Å²) in [7, 11) is 1.75. The lowest BCUT2D eigenvalue weighted by Gasteiger charge is -2.09. The third-order valence-electron chi connectivity index (χ3n) is 3.22. The molecule has 1 heterocycles. The predicted molar refractivity (Wildman–Crippen MR) is 83.4 cm³/mol. The number of rotatable bonds is 3. The number of nitrogens with one attached hydrogen (secondary N) is 2. The van der Waals surface area contributed by atoms with Gasteiger partial charge in [0, 0.05) is 27.4 Å². The first-order valence-electron chi connectivity index (χ1n) is 6.33. The maximum absolute atomic E-state index is 11.8. The first-order chi connectivity index (χ1) is 10.1. The summed E-state index contributed by atoms with van der Waals surface area (Å²) < 4.78 is 5.73. The van der Waals surface area contributed by atoms with Crippen LogP contribution in [0.2, 0.25) is 10.0 Å². The van der Waals surface area contributed by atoms with Gasteiger partial charge in [0.1, 0.15) is 17.5 Å². The molecule has 1 aliphatic rings. The van der Waals surface area contributed by atoms with E-state index in [1.165, 1.54) is 0 Å². The topological polar surface area (TPSA) is 50.4 Å². The molecule has 0 saturated heterocycles. The highest BCUT2D eigenvalue weighted by molar-refractivity contribution is 6.34. The number of anilines is 1. The van der Waals surface area contributed by atoms with E-state index >= 15 is 0 Å². The van der Waals surface area contributed by atoms with Gasteiger partial charge >= 0.3 is 0 Å². The molecule has 0 aliphatic carbocycles. The second-order valence-corrected chi connectivity index (χ2v) is 5.54. The van der Waals surface area contributed by atoms with E-state index in [1.807, 2.05) is 6.07 Å². The summed E-state index contributed by atoms with van der Waals surface area (Å²) in [5.41, 5.74) is 1.64. The van der Waals surface area contributed by atoms with Crippen molar-refractivity contribution in [3.63, 3.8) is 0 Å². The fraction of sp³-hybridized carbons (Fsp3) is 0.133. The monoisotopic (exact) mass is 322 g/mol. The number of ether oxygens (including phenoxy) is 1. The average Bonchev–Trinajstić information content (AvgIpc) is 2.71. The van der Waals surface area contributed by atoms with Crippen LogP contribution in [0.25, 0.3) is 0 Å². The van der Waals surface area contributed by atoms with Crippen molar-refractivity contribution >= 4 is 34.8 Å². The minimum Gasteiger partial charge on any atom is -0.457 e. The minimum atomic E-state index is -0.324. The van der Waals surface area contributed by atoms with Crippen molar-refractivity contribution in [3.8, 4) is 11.5 Å². The van der Waals surface area contributed by atoms with Gasteiger partial charge in [-0.05, 0) is 31.3 Å². The molecule has 0 spiro atoms. The highest BCUT2D eigenvalue weighted by atomic mass is 35.5. The lowest BCUT2D eigenvalue weighted by molar-refractivity contribution is -0.117. The van der Waals surface area contributed by atoms with Gasteiger partial charge in [0.05, 0.1) is 0 Å². The highest BCUT2D eigenvalue weighted by Crippen LogP contribution is 2.35. The normalized spacial score (nSPS) is 16.5. The number of hydrogen-bond acceptors (Lipinski definition) is 3. The van der Waals surface area contributed by atoms with Crippen LogP contribution in [0.5, 0.6) is 11.5 Å². The molecule has 1 atom stereocenters. The maximum atomic E-state index is 11.8. The molecule has 1 amide bonds. The van der Waals surface area contributed by atoms with Crippen molar-refractivity contribution < 1.29 is 9.53 Å². The third kappa shape index (κ3) is 2.83. The molecule has 1 aliphatic heterocycles. The van der Waals surface area contributed by atoms with Gasteiger partial charge in [-0.2, -0.15) is 0 Å². The zero-order chi connectivity index (χ0) is 15.0. The molecule has 2 aromatic rings. The fourth-order valence-corrected chi connectivity index (χ4v) is 2.82. The first-order valence-corrected chi connectivity index (χ1v) is 7.08. The summed E-state index contributed by atoms with van der Waals surface area (Å²) in [6, 6.07) is 10.1. The number of halogens is 2. The first kappa shape index (κ1) is 14.2. The second-order valence-electron chi connectivity index (χ2n) is 4.67. The zero-order valence-electron chi connectivity index (χ0n) is 11.1. The Morgan fingerprint density at radius 3 is 2.48 bits per heavy atom. The zero-order valence-corrected chi connectivity index (χ0v) is 12.6. The van der Waals surface area contributed by atoms with Crippen LogP contribution in [-0.2, 0) is 4.79 Å². The van der Waals surface area contributed by atoms with Gasteiger partial charge < -0.3 is 15.4 Å². The number of carbonyl (C=O) groups excluding carboxylic acids is 1. The van der Waals surface area contributed by atoms with Crippen LogP contribution >= 0.6 is 23.2 Å². The van der Waals surface area contributed by atoms with Crippen molar-refractivity contribution in [2.24, 2.45) is 0 Å². The molecule has 0 radical (unpaired) electrons. The summed E-state index contributed by atoms with van der Waals surface area (Å²) in [5.74, 6) is 1.07. The van der Waals surface area contributed by atoms with Gasteiger partial charge in [0.2, 0.25) is 5.91 Å². The summed E-state index contributed by atoms with van der Waals surface area (Å²) >= 11 is 11.9. The Morgan fingerprint density at radius 2 is 1.81 bits per heavy atom. The molecule has 0 fully saturated rings. The Labute approximate surface area is 132 Å². The van der Waals surface area contributed by atoms with E-state index in [0.717, 1.165) is 11.3 Å². The SMILES string of the molecule is CNC1C(=O)Nc2cc(Oc3cc(Cl)cc(Cl)c3)ccc21. The van der Waals surface area contributed by atoms with Crippen LogP contribution in [0, 0.1) is 0 Å². The van der Waals surface area contributed by atoms with Crippen LogP contribution in [0.15, 0.2) is 36.4 Å². The number of benzene rings is 2. The van der Waals surface area contributed by atoms with E-state index < -0.39 is 0 Å². The number of likely N-dealkylation sites (N-methyl/N-ethyl adjacent to an activating group) is 1. The van der Waals surface area contributed by atoms with Gasteiger partial charge in [-0.1, -0.05) is 29.3 Å². The van der Waals surface area contributed by atoms with Crippen molar-refractivity contribution in [2.45, 2.75) is 6.04 Å². The highest BCUT2D eigenvalue weighted by Gasteiger charge is 2.29. The molecule has 0 aromatic heterocycles. The smallest absolute Gasteiger partial charge is 0.246 e. The molecule has 4 nitrogen and oxygen atoms in total. The van der Waals surface area contributed by atoms with E-state index in [2.05, 4.69) is 10.6 Å². The summed E-state index contributed by atoms with van der Waals surface area (Å²) in [6.45, 7) is 0. The van der Waals surface area contributed by atoms with Crippen LogP contribution in [0.4, 0.5) is 5.69 Å². The van der Waals surface area contributed by atoms with E-state index in [-0.39, 0.29) is 11.9 Å². The third-order valence-corrected chi connectivity index (χ3v) is 3.65. The molecular formula is C15H12Cl2N2O2. The average molecular weight is 323 g/mol. The predicted octanol–water partition coefficient (Wildman–Crippen LogP) is 4.00. The van der Waals surface area contributed by atoms with Gasteiger partial charge in [-0.25, -0.2) is 0 Å². The Balaban J connectivity index is 1.88. The standard InChI is InChI=1S/C15H12Cl2N2O2/c1-18-14-12-3-2-10(7-13(12)19-15(14)20)21-11-5-8(16)4-9(17)6-11/h2-7,14,18H,1H3,(H,19,20). The lowest BCUT2D eigenvalue weighted by atomic mass is 10.1. The lowest BCUT2D eigenvalue weighted by Crippen LogP contribution is -2.23. The van der Waals surface area contributed by atoms with E-state index in [1.54, 1.807) is 37.4 Å². The van der Waals surface area contributed by atoms with Gasteiger partial charge in [0.25, 0.3) is 0 Å². The van der Waals surface area contributed by atoms with Crippen LogP contribution in [-0.4, -0.2) is 13.0 Å². The van der Waals surface area contributed by atoms with Crippen molar-refractivity contribution in [3.05, 3.63) is 52.0 Å². The van der Waals surface area contributed by atoms with Gasteiger partial charge in [-0.15, -0.1) is 0 Å². The Hall–Kier alpha value is -1.75. The second kappa shape index (κ2) is 5.56. The van der Waals surface area contributed by atoms with Gasteiger partial charge in [0.15, 0.2) is 0 Å². The van der Waals surface area contributed by atoms with Crippen molar-refractivity contribution in [1.29, 1.82) is 0 Å². The maximum Gasteiger partial charge on any atom is 0.246 e. The summed E-state index contributed by atoms with van der Waals surface area (Å²) in [6.07, 6.45) is 0. The molecule has 1 unspecified atom stereocenters. The van der Waals surface area contributed by atoms with Crippen molar-refractivity contribution in [2.75, 3.05) is 12.4 Å². The molecular weight excluding hydrogens is 311 g/mol. The molecule has 0 saturated carbocycles. The molecule has 3 rings (SSSR count). The quantitative estimate of drug-likeness (QED) is 0.898. The van der Waals surface area contributed by atoms with E-state index in [9.17, 15) is 4.79 Å². The van der Waals surface area contributed by atoms with Crippen LogP contribution in [0.1, 0.15) is 11.6 Å². The summed E-state index contributed by atoms with van der Waals surface area (Å²) in [4.78, 5) is 11.8. The molecule has 108 valence electrons. The molecule has 21 heavy (non-hydrogen) atoms. The van der Waals surface area contributed by atoms with E-state index in [0.29, 0.717) is 21.5 Å². The molecule has 2 N–H and O–H groups in total. The Bertz CT molecular complexity index is 699. The minimum absolute atomic E-state index is 0.0737. The molecule has 2 aromatic carbocycles. The van der Waals surface area contributed by atoms with Crippen LogP contribution in [0.3, 0.4) is 0 Å². The summed E-state index contributed by atoms with van der Waals surface area (Å²) in [5, 5.41) is 6.78. The Morgan fingerprint density at radius 1 is 1.10 bits per heavy atom. The molecule has 0 bridgehead atoms. The number of fused-ring (bicyclic) bond motifs is 1. The fourth-order valence-electron chi connectivity index (χ4n) is 2.32. The number of carbonyl (C=O) groups is 1. The van der Waals surface area contributed by atoms with E-state index in [4.69, 9.17) is 27.9 Å². The number of amides is 1. The Kier molecular flexibility index (Phi) is 3.76. The number of hydrogen-bond donors (Lipinski definition) is 2. The van der Waals surface area contributed by atoms with Gasteiger partial charge in [-0.3, -0.25) is 4.79 Å². The largest absolute Gasteiger partial charge is 0.457 e. The van der Waals surface area contributed by atoms with Crippen LogP contribution < -0.4 is 15.4 Å². The van der Waals surface area contributed by atoms with Crippen molar-refractivity contribution in [1.82, 2.24) is 5.32 Å². The molecule has 6 heteroatoms.